The molecular weight excluding hydrogens is 260 g/mol. The van der Waals surface area contributed by atoms with Gasteiger partial charge in [0.2, 0.25) is 0 Å². The van der Waals surface area contributed by atoms with Gasteiger partial charge in [-0.2, -0.15) is 0 Å². The molecule has 124 valence electrons. The van der Waals surface area contributed by atoms with Crippen LogP contribution < -0.4 is 0 Å². The summed E-state index contributed by atoms with van der Waals surface area (Å²) in [6.07, 6.45) is 3.26. The highest BCUT2D eigenvalue weighted by molar-refractivity contribution is 4.84. The van der Waals surface area contributed by atoms with Crippen molar-refractivity contribution in [3.05, 3.63) is 0 Å². The quantitative estimate of drug-likeness (QED) is 0.718. The molecule has 0 aromatic carbocycles. The second-order valence-electron chi connectivity index (χ2n) is 7.97. The molecule has 2 heterocycles. The fourth-order valence-corrected chi connectivity index (χ4v) is 3.27. The molecule has 0 aromatic rings. The maximum absolute atomic E-state index is 6.02. The van der Waals surface area contributed by atoms with Crippen LogP contribution in [-0.2, 0) is 4.74 Å². The molecular formula is C18H36N2O. The third-order valence-corrected chi connectivity index (χ3v) is 5.55. The Hall–Kier alpha value is -0.120. The van der Waals surface area contributed by atoms with E-state index in [1.54, 1.807) is 0 Å². The lowest BCUT2D eigenvalue weighted by molar-refractivity contribution is -0.0746. The summed E-state index contributed by atoms with van der Waals surface area (Å²) in [5.41, 5.74) is 0. The molecule has 0 aliphatic carbocycles. The molecule has 0 unspecified atom stereocenters. The van der Waals surface area contributed by atoms with Crippen LogP contribution in [0.5, 0.6) is 0 Å². The summed E-state index contributed by atoms with van der Waals surface area (Å²) in [6.45, 7) is 18.6. The smallest absolute Gasteiger partial charge is 0.0828 e. The van der Waals surface area contributed by atoms with Gasteiger partial charge in [0.15, 0.2) is 0 Å². The maximum atomic E-state index is 6.02. The van der Waals surface area contributed by atoms with Gasteiger partial charge in [-0.3, -0.25) is 4.90 Å². The summed E-state index contributed by atoms with van der Waals surface area (Å²) >= 11 is 0. The zero-order chi connectivity index (χ0) is 15.4. The SMILES string of the molecule is CC(C)[C@H](C)COC1CN(CC2CCN(C(C)C)CC2)C1. The zero-order valence-electron chi connectivity index (χ0n) is 14.8. The Kier molecular flexibility index (Phi) is 6.51. The third kappa shape index (κ3) is 5.22. The van der Waals surface area contributed by atoms with Crippen molar-refractivity contribution in [2.45, 2.75) is 59.6 Å². The first kappa shape index (κ1) is 17.2. The fraction of sp³-hybridized carbons (Fsp3) is 1.00. The average molecular weight is 296 g/mol. The molecule has 0 bridgehead atoms. The maximum Gasteiger partial charge on any atom is 0.0828 e. The van der Waals surface area contributed by atoms with Crippen LogP contribution in [0.25, 0.3) is 0 Å². The first-order chi connectivity index (χ1) is 9.95. The van der Waals surface area contributed by atoms with Gasteiger partial charge in [0.05, 0.1) is 6.10 Å². The molecule has 0 saturated carbocycles. The predicted molar refractivity (Wildman–Crippen MR) is 89.6 cm³/mol. The first-order valence-corrected chi connectivity index (χ1v) is 9.03. The normalized spacial score (nSPS) is 24.7. The highest BCUT2D eigenvalue weighted by atomic mass is 16.5. The summed E-state index contributed by atoms with van der Waals surface area (Å²) in [7, 11) is 0. The van der Waals surface area contributed by atoms with Gasteiger partial charge >= 0.3 is 0 Å². The summed E-state index contributed by atoms with van der Waals surface area (Å²) in [5.74, 6) is 2.32. The standard InChI is InChI=1S/C18H36N2O/c1-14(2)16(5)13-21-18-11-19(12-18)10-17-6-8-20(9-7-17)15(3)4/h14-18H,6-13H2,1-5H3/t16-/m1/s1. The molecule has 0 aromatic heterocycles. The van der Waals surface area contributed by atoms with Crippen LogP contribution in [0.15, 0.2) is 0 Å². The Bertz CT molecular complexity index is 292. The van der Waals surface area contributed by atoms with Crippen LogP contribution in [0.1, 0.15) is 47.5 Å². The number of likely N-dealkylation sites (tertiary alicyclic amines) is 2. The van der Waals surface area contributed by atoms with E-state index in [2.05, 4.69) is 44.4 Å². The molecule has 2 aliphatic heterocycles. The summed E-state index contributed by atoms with van der Waals surface area (Å²) in [6, 6.07) is 0.718. The molecule has 2 saturated heterocycles. The number of hydrogen-bond donors (Lipinski definition) is 0. The molecule has 2 aliphatic rings. The number of rotatable bonds is 7. The van der Waals surface area contributed by atoms with E-state index in [-0.39, 0.29) is 0 Å². The lowest BCUT2D eigenvalue weighted by Crippen LogP contribution is -2.54. The van der Waals surface area contributed by atoms with Crippen molar-refractivity contribution in [2.75, 3.05) is 39.3 Å². The molecule has 2 rings (SSSR count). The van der Waals surface area contributed by atoms with E-state index in [0.717, 1.165) is 37.6 Å². The average Bonchev–Trinajstić information content (AvgIpc) is 2.41. The van der Waals surface area contributed by atoms with Gasteiger partial charge in [0.1, 0.15) is 0 Å². The molecule has 21 heavy (non-hydrogen) atoms. The topological polar surface area (TPSA) is 15.7 Å². The Morgan fingerprint density at radius 3 is 2.14 bits per heavy atom. The number of nitrogens with zero attached hydrogens (tertiary/aromatic N) is 2. The van der Waals surface area contributed by atoms with E-state index in [9.17, 15) is 0 Å². The van der Waals surface area contributed by atoms with Gasteiger partial charge in [0.25, 0.3) is 0 Å². The van der Waals surface area contributed by atoms with Crippen molar-refractivity contribution in [3.8, 4) is 0 Å². The van der Waals surface area contributed by atoms with Crippen molar-refractivity contribution in [1.82, 2.24) is 9.80 Å². The highest BCUT2D eigenvalue weighted by Gasteiger charge is 2.31. The predicted octanol–water partition coefficient (Wildman–Crippen LogP) is 3.10. The van der Waals surface area contributed by atoms with E-state index < -0.39 is 0 Å². The lowest BCUT2D eigenvalue weighted by Gasteiger charge is -2.43. The number of hydrogen-bond acceptors (Lipinski definition) is 3. The van der Waals surface area contributed by atoms with E-state index in [1.165, 1.54) is 32.5 Å². The minimum atomic E-state index is 0.502. The van der Waals surface area contributed by atoms with Crippen molar-refractivity contribution in [1.29, 1.82) is 0 Å². The van der Waals surface area contributed by atoms with Crippen LogP contribution in [0.3, 0.4) is 0 Å². The lowest BCUT2D eigenvalue weighted by atomic mass is 9.94. The second kappa shape index (κ2) is 7.94. The van der Waals surface area contributed by atoms with Crippen molar-refractivity contribution in [2.24, 2.45) is 17.8 Å². The van der Waals surface area contributed by atoms with Crippen LogP contribution in [0, 0.1) is 17.8 Å². The minimum Gasteiger partial charge on any atom is -0.375 e. The highest BCUT2D eigenvalue weighted by Crippen LogP contribution is 2.23. The van der Waals surface area contributed by atoms with Crippen LogP contribution in [-0.4, -0.2) is 61.3 Å². The van der Waals surface area contributed by atoms with Gasteiger partial charge in [0, 0.05) is 32.3 Å². The Balaban J connectivity index is 1.55. The monoisotopic (exact) mass is 296 g/mol. The van der Waals surface area contributed by atoms with E-state index in [0.29, 0.717) is 12.0 Å². The first-order valence-electron chi connectivity index (χ1n) is 9.03. The molecule has 0 amide bonds. The molecule has 3 heteroatoms. The van der Waals surface area contributed by atoms with E-state index in [1.807, 2.05) is 0 Å². The molecule has 0 spiro atoms. The molecule has 1 atom stereocenters. The molecule has 0 N–H and O–H groups in total. The van der Waals surface area contributed by atoms with Gasteiger partial charge in [-0.15, -0.1) is 0 Å². The van der Waals surface area contributed by atoms with Crippen molar-refractivity contribution >= 4 is 0 Å². The van der Waals surface area contributed by atoms with Crippen LogP contribution >= 0.6 is 0 Å². The second-order valence-corrected chi connectivity index (χ2v) is 7.97. The summed E-state index contributed by atoms with van der Waals surface area (Å²) in [4.78, 5) is 5.21. The number of ether oxygens (including phenoxy) is 1. The van der Waals surface area contributed by atoms with Gasteiger partial charge in [-0.25, -0.2) is 0 Å². The van der Waals surface area contributed by atoms with Gasteiger partial charge < -0.3 is 9.64 Å². The molecule has 0 radical (unpaired) electrons. The van der Waals surface area contributed by atoms with Crippen molar-refractivity contribution < 1.29 is 4.74 Å². The third-order valence-electron chi connectivity index (χ3n) is 5.55. The minimum absolute atomic E-state index is 0.502. The zero-order valence-corrected chi connectivity index (χ0v) is 14.8. The Labute approximate surface area is 132 Å². The van der Waals surface area contributed by atoms with Crippen LogP contribution in [0.2, 0.25) is 0 Å². The Morgan fingerprint density at radius 1 is 1.00 bits per heavy atom. The largest absolute Gasteiger partial charge is 0.375 e. The van der Waals surface area contributed by atoms with E-state index in [4.69, 9.17) is 4.74 Å². The number of piperidine rings is 1. The van der Waals surface area contributed by atoms with Crippen molar-refractivity contribution in [3.63, 3.8) is 0 Å². The Morgan fingerprint density at radius 2 is 1.62 bits per heavy atom. The van der Waals surface area contributed by atoms with E-state index >= 15 is 0 Å². The van der Waals surface area contributed by atoms with Gasteiger partial charge in [-0.1, -0.05) is 20.8 Å². The van der Waals surface area contributed by atoms with Gasteiger partial charge in [-0.05, 0) is 57.5 Å². The summed E-state index contributed by atoms with van der Waals surface area (Å²) in [5, 5.41) is 0. The molecule has 3 nitrogen and oxygen atoms in total. The summed E-state index contributed by atoms with van der Waals surface area (Å²) < 4.78 is 6.02. The van der Waals surface area contributed by atoms with Crippen LogP contribution in [0.4, 0.5) is 0 Å². The molecule has 2 fully saturated rings. The fourth-order valence-electron chi connectivity index (χ4n) is 3.27.